The Balaban J connectivity index is 2.80. The van der Waals surface area contributed by atoms with Gasteiger partial charge in [-0.3, -0.25) is 4.79 Å². The van der Waals surface area contributed by atoms with Crippen LogP contribution in [0.4, 0.5) is 0 Å². The van der Waals surface area contributed by atoms with E-state index in [9.17, 15) is 4.79 Å². The molecular weight excluding hydrogens is 144 g/mol. The maximum absolute atomic E-state index is 11.1. The van der Waals surface area contributed by atoms with Crippen LogP contribution < -0.4 is 0 Å². The smallest absolute Gasteiger partial charge is 0.319 e. The number of ether oxygens (including phenoxy) is 2. The fourth-order valence-electron chi connectivity index (χ4n) is 0.818. The number of hydrogen-bond donors (Lipinski definition) is 0. The van der Waals surface area contributed by atoms with Gasteiger partial charge in [0.25, 0.3) is 0 Å². The quantitative estimate of drug-likeness (QED) is 0.533. The maximum Gasteiger partial charge on any atom is 0.319 e. The summed E-state index contributed by atoms with van der Waals surface area (Å²) in [6, 6.07) is 0. The second-order valence-corrected chi connectivity index (χ2v) is 2.52. The Kier molecular flexibility index (Phi) is 1.98. The van der Waals surface area contributed by atoms with Crippen molar-refractivity contribution in [2.24, 2.45) is 5.41 Å². The van der Waals surface area contributed by atoms with Crippen molar-refractivity contribution in [1.82, 2.24) is 0 Å². The molecular formula is C8H10O3. The number of carbonyl (C=O) groups is 1. The highest BCUT2D eigenvalue weighted by Crippen LogP contribution is 2.24. The molecule has 0 bridgehead atoms. The average Bonchev–Trinajstić information content (AvgIpc) is 2.04. The van der Waals surface area contributed by atoms with Crippen LogP contribution in [0.5, 0.6) is 0 Å². The maximum atomic E-state index is 11.1. The first-order valence-electron chi connectivity index (χ1n) is 3.28. The molecule has 0 unspecified atom stereocenters. The van der Waals surface area contributed by atoms with E-state index in [1.165, 1.54) is 19.6 Å². The highest BCUT2D eigenvalue weighted by molar-refractivity contribution is 5.81. The van der Waals surface area contributed by atoms with Crippen LogP contribution in [0.2, 0.25) is 0 Å². The summed E-state index contributed by atoms with van der Waals surface area (Å²) in [6.45, 7) is 1.76. The van der Waals surface area contributed by atoms with E-state index in [2.05, 4.69) is 4.74 Å². The second-order valence-electron chi connectivity index (χ2n) is 2.52. The van der Waals surface area contributed by atoms with Gasteiger partial charge in [0.15, 0.2) is 0 Å². The van der Waals surface area contributed by atoms with E-state index < -0.39 is 5.41 Å². The largest absolute Gasteiger partial charge is 0.473 e. The molecule has 0 radical (unpaired) electrons. The first-order valence-corrected chi connectivity index (χ1v) is 3.28. The second kappa shape index (κ2) is 2.78. The third kappa shape index (κ3) is 1.42. The Hall–Kier alpha value is -1.25. The molecule has 1 rings (SSSR count). The van der Waals surface area contributed by atoms with E-state index in [1.54, 1.807) is 19.1 Å². The van der Waals surface area contributed by atoms with E-state index in [-0.39, 0.29) is 5.97 Å². The van der Waals surface area contributed by atoms with E-state index >= 15 is 0 Å². The van der Waals surface area contributed by atoms with E-state index in [0.29, 0.717) is 0 Å². The molecule has 3 nitrogen and oxygen atoms in total. The number of carbonyl (C=O) groups excluding carboxylic acids is 1. The molecule has 0 atom stereocenters. The molecule has 11 heavy (non-hydrogen) atoms. The van der Waals surface area contributed by atoms with Crippen molar-refractivity contribution in [3.05, 3.63) is 24.7 Å². The zero-order valence-electron chi connectivity index (χ0n) is 6.53. The van der Waals surface area contributed by atoms with Crippen molar-refractivity contribution >= 4 is 5.97 Å². The molecule has 0 aromatic carbocycles. The van der Waals surface area contributed by atoms with Crippen LogP contribution >= 0.6 is 0 Å². The summed E-state index contributed by atoms with van der Waals surface area (Å²) in [5.74, 6) is -0.284. The lowest BCUT2D eigenvalue weighted by Gasteiger charge is -2.19. The summed E-state index contributed by atoms with van der Waals surface area (Å²) >= 11 is 0. The van der Waals surface area contributed by atoms with Crippen LogP contribution in [0.15, 0.2) is 24.7 Å². The molecule has 0 fully saturated rings. The van der Waals surface area contributed by atoms with Crippen LogP contribution in [0.3, 0.4) is 0 Å². The molecule has 0 amide bonds. The number of rotatable bonds is 1. The van der Waals surface area contributed by atoms with Gasteiger partial charge in [-0.2, -0.15) is 0 Å². The van der Waals surface area contributed by atoms with Gasteiger partial charge < -0.3 is 9.47 Å². The minimum atomic E-state index is -0.660. The van der Waals surface area contributed by atoms with Crippen molar-refractivity contribution in [2.75, 3.05) is 7.11 Å². The Bertz CT molecular complexity index is 203. The molecule has 0 spiro atoms. The van der Waals surface area contributed by atoms with Gasteiger partial charge in [-0.25, -0.2) is 0 Å². The van der Waals surface area contributed by atoms with Gasteiger partial charge in [-0.1, -0.05) is 0 Å². The number of esters is 1. The molecule has 1 aliphatic heterocycles. The summed E-state index contributed by atoms with van der Waals surface area (Å²) in [6.07, 6.45) is 6.24. The fourth-order valence-corrected chi connectivity index (χ4v) is 0.818. The molecule has 0 aromatic rings. The van der Waals surface area contributed by atoms with Gasteiger partial charge in [-0.15, -0.1) is 0 Å². The average molecular weight is 154 g/mol. The SMILES string of the molecule is COC(=O)C1(C)C=COC=C1. The van der Waals surface area contributed by atoms with Gasteiger partial charge in [0.05, 0.1) is 19.6 Å². The van der Waals surface area contributed by atoms with Crippen molar-refractivity contribution in [2.45, 2.75) is 6.92 Å². The van der Waals surface area contributed by atoms with Crippen LogP contribution in [-0.2, 0) is 14.3 Å². The lowest BCUT2D eigenvalue weighted by molar-refractivity contribution is -0.146. The van der Waals surface area contributed by atoms with Gasteiger partial charge in [0.2, 0.25) is 0 Å². The Labute approximate surface area is 65.3 Å². The van der Waals surface area contributed by atoms with Crippen molar-refractivity contribution in [1.29, 1.82) is 0 Å². The summed E-state index contributed by atoms with van der Waals surface area (Å²) < 4.78 is 9.39. The minimum Gasteiger partial charge on any atom is -0.473 e. The molecule has 0 N–H and O–H groups in total. The fraction of sp³-hybridized carbons (Fsp3) is 0.375. The molecule has 1 aliphatic rings. The third-order valence-corrected chi connectivity index (χ3v) is 1.61. The summed E-state index contributed by atoms with van der Waals surface area (Å²) in [7, 11) is 1.37. The number of hydrogen-bond acceptors (Lipinski definition) is 3. The highest BCUT2D eigenvalue weighted by Gasteiger charge is 2.30. The first-order chi connectivity index (χ1) is 5.19. The van der Waals surface area contributed by atoms with E-state index in [4.69, 9.17) is 4.74 Å². The number of methoxy groups -OCH3 is 1. The predicted molar refractivity (Wildman–Crippen MR) is 39.5 cm³/mol. The van der Waals surface area contributed by atoms with Gasteiger partial charge in [0.1, 0.15) is 5.41 Å². The molecule has 60 valence electrons. The van der Waals surface area contributed by atoms with Crippen molar-refractivity contribution in [3.8, 4) is 0 Å². The van der Waals surface area contributed by atoms with Gasteiger partial charge in [0, 0.05) is 0 Å². The van der Waals surface area contributed by atoms with Crippen LogP contribution in [0.25, 0.3) is 0 Å². The summed E-state index contributed by atoms with van der Waals surface area (Å²) in [5.41, 5.74) is -0.660. The van der Waals surface area contributed by atoms with Crippen LogP contribution in [-0.4, -0.2) is 13.1 Å². The molecule has 1 heterocycles. The van der Waals surface area contributed by atoms with Gasteiger partial charge in [-0.05, 0) is 19.1 Å². The van der Waals surface area contributed by atoms with Crippen molar-refractivity contribution in [3.63, 3.8) is 0 Å². The topological polar surface area (TPSA) is 35.5 Å². The molecule has 0 saturated carbocycles. The standard InChI is InChI=1S/C8H10O3/c1-8(7(9)10-2)3-5-11-6-4-8/h3-6H,1-2H3. The third-order valence-electron chi connectivity index (χ3n) is 1.61. The zero-order chi connectivity index (χ0) is 8.32. The van der Waals surface area contributed by atoms with Crippen LogP contribution in [0.1, 0.15) is 6.92 Å². The van der Waals surface area contributed by atoms with E-state index in [1.807, 2.05) is 0 Å². The molecule has 0 aromatic heterocycles. The highest BCUT2D eigenvalue weighted by atomic mass is 16.5. The minimum absolute atomic E-state index is 0.284. The Morgan fingerprint density at radius 2 is 2.00 bits per heavy atom. The summed E-state index contributed by atoms with van der Waals surface area (Å²) in [4.78, 5) is 11.1. The normalized spacial score (nSPS) is 19.1. The molecule has 0 aliphatic carbocycles. The van der Waals surface area contributed by atoms with Crippen LogP contribution in [0, 0.1) is 5.41 Å². The van der Waals surface area contributed by atoms with Gasteiger partial charge >= 0.3 is 5.97 Å². The first kappa shape index (κ1) is 7.85. The lowest BCUT2D eigenvalue weighted by Crippen LogP contribution is -2.25. The molecule has 3 heteroatoms. The lowest BCUT2D eigenvalue weighted by atomic mass is 9.90. The van der Waals surface area contributed by atoms with E-state index in [0.717, 1.165) is 0 Å². The Morgan fingerprint density at radius 3 is 2.45 bits per heavy atom. The summed E-state index contributed by atoms with van der Waals surface area (Å²) in [5, 5.41) is 0. The molecule has 0 saturated heterocycles. The van der Waals surface area contributed by atoms with Crippen molar-refractivity contribution < 1.29 is 14.3 Å². The Morgan fingerprint density at radius 1 is 1.45 bits per heavy atom. The monoisotopic (exact) mass is 154 g/mol. The predicted octanol–water partition coefficient (Wildman–Crippen LogP) is 1.22. The zero-order valence-corrected chi connectivity index (χ0v) is 6.53.